The van der Waals surface area contributed by atoms with E-state index in [0.29, 0.717) is 0 Å². The lowest BCUT2D eigenvalue weighted by molar-refractivity contribution is 0.238. The largest absolute Gasteiger partial charge is 0.494 e. The van der Waals surface area contributed by atoms with Gasteiger partial charge in [-0.2, -0.15) is 0 Å². The number of ether oxygens (including phenoxy) is 1. The van der Waals surface area contributed by atoms with E-state index in [2.05, 4.69) is 40.1 Å². The number of hydrogen-bond donors (Lipinski definition) is 0. The zero-order valence-electron chi connectivity index (χ0n) is 16.4. The van der Waals surface area contributed by atoms with Crippen molar-refractivity contribution in [2.75, 3.05) is 44.2 Å². The quantitative estimate of drug-likeness (QED) is 0.570. The van der Waals surface area contributed by atoms with E-state index < -0.39 is 0 Å². The van der Waals surface area contributed by atoms with Crippen molar-refractivity contribution < 1.29 is 4.74 Å². The third-order valence-electron chi connectivity index (χ3n) is 5.77. The van der Waals surface area contributed by atoms with Gasteiger partial charge in [0.25, 0.3) is 0 Å². The Labute approximate surface area is 180 Å². The van der Waals surface area contributed by atoms with Crippen LogP contribution in [0.5, 0.6) is 5.75 Å². The van der Waals surface area contributed by atoms with Gasteiger partial charge in [-0.3, -0.25) is 4.90 Å². The molecule has 5 heteroatoms. The van der Waals surface area contributed by atoms with E-state index >= 15 is 0 Å². The maximum Gasteiger partial charge on any atom is 0.119 e. The Hall–Kier alpha value is -1.42. The first-order valence-corrected chi connectivity index (χ1v) is 10.6. The maximum atomic E-state index is 5.98. The summed E-state index contributed by atoms with van der Waals surface area (Å²) in [6.07, 6.45) is 6.07. The van der Waals surface area contributed by atoms with Gasteiger partial charge in [-0.1, -0.05) is 17.7 Å². The second-order valence-electron chi connectivity index (χ2n) is 7.64. The molecule has 0 atom stereocenters. The highest BCUT2D eigenvalue weighted by Gasteiger charge is 2.16. The normalized spacial score (nSPS) is 16.5. The van der Waals surface area contributed by atoms with Crippen molar-refractivity contribution in [3.8, 4) is 5.75 Å². The molecule has 1 saturated heterocycles. The molecule has 0 radical (unpaired) electrons. The van der Waals surface area contributed by atoms with Crippen LogP contribution in [0.25, 0.3) is 0 Å². The highest BCUT2D eigenvalue weighted by atomic mass is 35.5. The van der Waals surface area contributed by atoms with Gasteiger partial charge in [0.15, 0.2) is 0 Å². The fourth-order valence-corrected chi connectivity index (χ4v) is 4.27. The van der Waals surface area contributed by atoms with E-state index in [1.807, 2.05) is 12.1 Å². The molecule has 0 saturated carbocycles. The first-order chi connectivity index (χ1) is 13.3. The third-order valence-corrected chi connectivity index (χ3v) is 6.02. The first kappa shape index (κ1) is 21.3. The molecule has 4 rings (SSSR count). The zero-order valence-corrected chi connectivity index (χ0v) is 18.0. The molecule has 0 N–H and O–H groups in total. The number of rotatable bonds is 7. The van der Waals surface area contributed by atoms with Crippen molar-refractivity contribution >= 4 is 29.7 Å². The van der Waals surface area contributed by atoms with Crippen LogP contribution in [0.4, 0.5) is 5.69 Å². The Morgan fingerprint density at radius 3 is 2.39 bits per heavy atom. The number of nitrogens with zero attached hydrogens (tertiary/aromatic N) is 2. The summed E-state index contributed by atoms with van der Waals surface area (Å²) in [5.41, 5.74) is 4.29. The van der Waals surface area contributed by atoms with Gasteiger partial charge < -0.3 is 9.64 Å². The summed E-state index contributed by atoms with van der Waals surface area (Å²) in [5, 5.41) is 0.805. The molecule has 1 fully saturated rings. The van der Waals surface area contributed by atoms with Gasteiger partial charge in [0.2, 0.25) is 0 Å². The van der Waals surface area contributed by atoms with E-state index in [1.54, 1.807) is 0 Å². The van der Waals surface area contributed by atoms with Gasteiger partial charge in [0, 0.05) is 36.9 Å². The van der Waals surface area contributed by atoms with Gasteiger partial charge in [-0.25, -0.2) is 0 Å². The summed E-state index contributed by atoms with van der Waals surface area (Å²) in [6.45, 7) is 6.44. The van der Waals surface area contributed by atoms with Gasteiger partial charge in [-0.05, 0) is 86.2 Å². The standard InChI is InChI=1S/C23H29ClN2O.ClH/c24-21-7-9-22(10-8-21)26-15-13-25(14-16-26)12-1-2-17-27-23-11-6-19-4-3-5-20(19)18-23;/h6-11,18H,1-5,12-17H2;1H. The molecule has 2 aliphatic rings. The molecule has 0 amide bonds. The van der Waals surface area contributed by atoms with Crippen LogP contribution in [0.1, 0.15) is 30.4 Å². The minimum absolute atomic E-state index is 0. The molecule has 1 heterocycles. The molecular formula is C23H30Cl2N2O. The molecule has 0 aromatic heterocycles. The topological polar surface area (TPSA) is 15.7 Å². The van der Waals surface area contributed by atoms with Crippen molar-refractivity contribution in [1.29, 1.82) is 0 Å². The van der Waals surface area contributed by atoms with E-state index in [4.69, 9.17) is 16.3 Å². The number of unbranched alkanes of at least 4 members (excludes halogenated alkanes) is 1. The number of benzene rings is 2. The summed E-state index contributed by atoms with van der Waals surface area (Å²) in [7, 11) is 0. The lowest BCUT2D eigenvalue weighted by Crippen LogP contribution is -2.46. The summed E-state index contributed by atoms with van der Waals surface area (Å²) < 4.78 is 5.97. The van der Waals surface area contributed by atoms with E-state index in [0.717, 1.165) is 50.0 Å². The van der Waals surface area contributed by atoms with Crippen LogP contribution < -0.4 is 9.64 Å². The fraction of sp³-hybridized carbons (Fsp3) is 0.478. The molecule has 152 valence electrons. The van der Waals surface area contributed by atoms with Crippen molar-refractivity contribution in [2.45, 2.75) is 32.1 Å². The maximum absolute atomic E-state index is 5.98. The Morgan fingerprint density at radius 1 is 0.857 bits per heavy atom. The second-order valence-corrected chi connectivity index (χ2v) is 8.08. The van der Waals surface area contributed by atoms with Crippen molar-refractivity contribution in [3.63, 3.8) is 0 Å². The number of fused-ring (bicyclic) bond motifs is 1. The van der Waals surface area contributed by atoms with Gasteiger partial charge >= 0.3 is 0 Å². The monoisotopic (exact) mass is 420 g/mol. The van der Waals surface area contributed by atoms with Crippen LogP contribution in [-0.2, 0) is 12.8 Å². The van der Waals surface area contributed by atoms with Crippen LogP contribution in [0.3, 0.4) is 0 Å². The molecule has 3 nitrogen and oxygen atoms in total. The van der Waals surface area contributed by atoms with Gasteiger partial charge in [-0.15, -0.1) is 12.4 Å². The average molecular weight is 421 g/mol. The third kappa shape index (κ3) is 5.56. The van der Waals surface area contributed by atoms with E-state index in [9.17, 15) is 0 Å². The second kappa shape index (κ2) is 10.4. The molecule has 2 aromatic carbocycles. The Balaban J connectivity index is 0.00000225. The fourth-order valence-electron chi connectivity index (χ4n) is 4.15. The highest BCUT2D eigenvalue weighted by Crippen LogP contribution is 2.26. The minimum Gasteiger partial charge on any atom is -0.494 e. The SMILES string of the molecule is Cl.Clc1ccc(N2CCN(CCCCOc3ccc4c(c3)CCC4)CC2)cc1. The van der Waals surface area contributed by atoms with Gasteiger partial charge in [0.05, 0.1) is 6.61 Å². The number of halogens is 2. The summed E-state index contributed by atoms with van der Waals surface area (Å²) in [5.74, 6) is 1.05. The number of aryl methyl sites for hydroxylation is 2. The summed E-state index contributed by atoms with van der Waals surface area (Å²) in [6, 6.07) is 14.8. The zero-order chi connectivity index (χ0) is 18.5. The Morgan fingerprint density at radius 2 is 1.61 bits per heavy atom. The lowest BCUT2D eigenvalue weighted by atomic mass is 10.1. The van der Waals surface area contributed by atoms with E-state index in [-0.39, 0.29) is 12.4 Å². The van der Waals surface area contributed by atoms with Crippen molar-refractivity contribution in [1.82, 2.24) is 4.90 Å². The van der Waals surface area contributed by atoms with Crippen LogP contribution in [0.15, 0.2) is 42.5 Å². The van der Waals surface area contributed by atoms with Crippen LogP contribution in [0.2, 0.25) is 5.02 Å². The number of anilines is 1. The van der Waals surface area contributed by atoms with Crippen LogP contribution in [-0.4, -0.2) is 44.2 Å². The molecule has 0 spiro atoms. The van der Waals surface area contributed by atoms with Crippen LogP contribution >= 0.6 is 24.0 Å². The number of piperazine rings is 1. The Bertz CT molecular complexity index is 743. The smallest absolute Gasteiger partial charge is 0.119 e. The predicted molar refractivity (Wildman–Crippen MR) is 121 cm³/mol. The van der Waals surface area contributed by atoms with Crippen molar-refractivity contribution in [3.05, 3.63) is 58.6 Å². The average Bonchev–Trinajstić information content (AvgIpc) is 3.17. The van der Waals surface area contributed by atoms with Crippen molar-refractivity contribution in [2.24, 2.45) is 0 Å². The first-order valence-electron chi connectivity index (χ1n) is 10.3. The van der Waals surface area contributed by atoms with E-state index in [1.165, 1.54) is 49.0 Å². The molecule has 0 bridgehead atoms. The molecule has 0 unspecified atom stereocenters. The molecule has 1 aliphatic carbocycles. The predicted octanol–water partition coefficient (Wildman–Crippen LogP) is 5.23. The lowest BCUT2D eigenvalue weighted by Gasteiger charge is -2.36. The summed E-state index contributed by atoms with van der Waals surface area (Å²) in [4.78, 5) is 5.02. The summed E-state index contributed by atoms with van der Waals surface area (Å²) >= 11 is 5.98. The molecule has 28 heavy (non-hydrogen) atoms. The Kier molecular flexibility index (Phi) is 7.90. The van der Waals surface area contributed by atoms with Gasteiger partial charge in [0.1, 0.15) is 5.75 Å². The van der Waals surface area contributed by atoms with Crippen LogP contribution in [0, 0.1) is 0 Å². The molecule has 2 aromatic rings. The molecule has 1 aliphatic heterocycles. The minimum atomic E-state index is 0. The molecular weight excluding hydrogens is 391 g/mol. The number of hydrogen-bond acceptors (Lipinski definition) is 3. The highest BCUT2D eigenvalue weighted by molar-refractivity contribution is 6.30.